The molecule has 0 saturated heterocycles. The number of ether oxygens (including phenoxy) is 1. The third-order valence-electron chi connectivity index (χ3n) is 4.16. The highest BCUT2D eigenvalue weighted by molar-refractivity contribution is 5.97. The molecule has 0 heterocycles. The van der Waals surface area contributed by atoms with Crippen molar-refractivity contribution in [1.29, 1.82) is 0 Å². The number of anilines is 2. The maximum Gasteiger partial charge on any atom is 0.259 e. The SMILES string of the molecule is Cc1ccc(N[C@H](C)C(=O)Nc2ccccc2C)c(OCC(=O)N(C)C)c1. The molecule has 27 heavy (non-hydrogen) atoms. The number of nitrogens with zero attached hydrogens (tertiary/aromatic N) is 1. The molecule has 1 atom stereocenters. The summed E-state index contributed by atoms with van der Waals surface area (Å²) in [6.07, 6.45) is 0. The van der Waals surface area contributed by atoms with E-state index in [-0.39, 0.29) is 18.4 Å². The smallest absolute Gasteiger partial charge is 0.259 e. The second-order valence-electron chi connectivity index (χ2n) is 6.75. The van der Waals surface area contributed by atoms with Crippen LogP contribution in [0.15, 0.2) is 42.5 Å². The summed E-state index contributed by atoms with van der Waals surface area (Å²) in [5.74, 6) is 0.258. The Balaban J connectivity index is 2.08. The maximum absolute atomic E-state index is 12.5. The van der Waals surface area contributed by atoms with Crippen LogP contribution >= 0.6 is 0 Å². The van der Waals surface area contributed by atoms with Gasteiger partial charge in [0.1, 0.15) is 11.8 Å². The number of aryl methyl sites for hydroxylation is 2. The summed E-state index contributed by atoms with van der Waals surface area (Å²) in [7, 11) is 3.36. The minimum atomic E-state index is -0.487. The highest BCUT2D eigenvalue weighted by atomic mass is 16.5. The third kappa shape index (κ3) is 5.74. The molecule has 2 rings (SSSR count). The molecule has 0 spiro atoms. The van der Waals surface area contributed by atoms with Crippen LogP contribution in [0.25, 0.3) is 0 Å². The van der Waals surface area contributed by atoms with Gasteiger partial charge in [-0.15, -0.1) is 0 Å². The summed E-state index contributed by atoms with van der Waals surface area (Å²) >= 11 is 0. The predicted molar refractivity (Wildman–Crippen MR) is 108 cm³/mol. The van der Waals surface area contributed by atoms with Crippen molar-refractivity contribution in [2.75, 3.05) is 31.3 Å². The van der Waals surface area contributed by atoms with E-state index in [0.717, 1.165) is 16.8 Å². The van der Waals surface area contributed by atoms with Crippen molar-refractivity contribution in [1.82, 2.24) is 4.90 Å². The fourth-order valence-electron chi connectivity index (χ4n) is 2.39. The molecule has 0 saturated carbocycles. The molecule has 0 fully saturated rings. The Bertz CT molecular complexity index is 818. The molecule has 0 radical (unpaired) electrons. The summed E-state index contributed by atoms with van der Waals surface area (Å²) in [5.41, 5.74) is 3.46. The molecule has 0 bridgehead atoms. The number of benzene rings is 2. The van der Waals surface area contributed by atoms with Crippen molar-refractivity contribution in [3.8, 4) is 5.75 Å². The molecule has 0 unspecified atom stereocenters. The molecule has 2 aromatic rings. The van der Waals surface area contributed by atoms with Crippen LogP contribution in [0.3, 0.4) is 0 Å². The molecule has 2 amide bonds. The first-order chi connectivity index (χ1) is 12.8. The molecule has 6 nitrogen and oxygen atoms in total. The van der Waals surface area contributed by atoms with Gasteiger partial charge >= 0.3 is 0 Å². The lowest BCUT2D eigenvalue weighted by atomic mass is 10.1. The van der Waals surface area contributed by atoms with Crippen LogP contribution in [0, 0.1) is 13.8 Å². The third-order valence-corrected chi connectivity index (χ3v) is 4.16. The number of hydrogen-bond acceptors (Lipinski definition) is 4. The van der Waals surface area contributed by atoms with E-state index in [1.165, 1.54) is 4.90 Å². The molecule has 2 aromatic carbocycles. The second kappa shape index (κ2) is 9.07. The Labute approximate surface area is 160 Å². The Kier molecular flexibility index (Phi) is 6.82. The van der Waals surface area contributed by atoms with Crippen LogP contribution in [0.2, 0.25) is 0 Å². The fourth-order valence-corrected chi connectivity index (χ4v) is 2.39. The largest absolute Gasteiger partial charge is 0.482 e. The van der Waals surface area contributed by atoms with Crippen LogP contribution in [0.5, 0.6) is 5.75 Å². The first-order valence-corrected chi connectivity index (χ1v) is 8.84. The molecule has 6 heteroatoms. The normalized spacial score (nSPS) is 11.4. The van der Waals surface area contributed by atoms with Crippen LogP contribution in [0.1, 0.15) is 18.1 Å². The number of amides is 2. The van der Waals surface area contributed by atoms with Gasteiger partial charge in [0.25, 0.3) is 5.91 Å². The van der Waals surface area contributed by atoms with Gasteiger partial charge in [-0.05, 0) is 50.1 Å². The number of carbonyl (C=O) groups excluding carboxylic acids is 2. The Hall–Kier alpha value is -3.02. The topological polar surface area (TPSA) is 70.7 Å². The minimum absolute atomic E-state index is 0.0606. The lowest BCUT2D eigenvalue weighted by Crippen LogP contribution is -2.32. The van der Waals surface area contributed by atoms with Crippen molar-refractivity contribution >= 4 is 23.2 Å². The van der Waals surface area contributed by atoms with E-state index >= 15 is 0 Å². The van der Waals surface area contributed by atoms with E-state index in [9.17, 15) is 9.59 Å². The van der Waals surface area contributed by atoms with Gasteiger partial charge in [0.15, 0.2) is 6.61 Å². The van der Waals surface area contributed by atoms with Gasteiger partial charge in [-0.1, -0.05) is 24.3 Å². The molecule has 0 aliphatic rings. The highest BCUT2D eigenvalue weighted by Gasteiger charge is 2.16. The molecular weight excluding hydrogens is 342 g/mol. The van der Waals surface area contributed by atoms with E-state index in [4.69, 9.17) is 4.74 Å². The van der Waals surface area contributed by atoms with E-state index in [1.807, 2.05) is 56.3 Å². The second-order valence-corrected chi connectivity index (χ2v) is 6.75. The molecular formula is C21H27N3O3. The predicted octanol–water partition coefficient (Wildman–Crippen LogP) is 3.21. The van der Waals surface area contributed by atoms with Crippen molar-refractivity contribution in [2.24, 2.45) is 0 Å². The number of rotatable bonds is 7. The number of likely N-dealkylation sites (N-methyl/N-ethyl adjacent to an activating group) is 1. The van der Waals surface area contributed by atoms with Crippen LogP contribution in [0.4, 0.5) is 11.4 Å². The maximum atomic E-state index is 12.5. The van der Waals surface area contributed by atoms with Gasteiger partial charge in [0.05, 0.1) is 5.69 Å². The zero-order valence-electron chi connectivity index (χ0n) is 16.5. The van der Waals surface area contributed by atoms with E-state index in [2.05, 4.69) is 10.6 Å². The summed E-state index contributed by atoms with van der Waals surface area (Å²) < 4.78 is 5.67. The zero-order chi connectivity index (χ0) is 20.0. The fraction of sp³-hybridized carbons (Fsp3) is 0.333. The highest BCUT2D eigenvalue weighted by Crippen LogP contribution is 2.27. The molecule has 0 aliphatic heterocycles. The van der Waals surface area contributed by atoms with Gasteiger partial charge in [-0.2, -0.15) is 0 Å². The van der Waals surface area contributed by atoms with Crippen molar-refractivity contribution in [2.45, 2.75) is 26.8 Å². The van der Waals surface area contributed by atoms with Crippen LogP contribution in [-0.4, -0.2) is 43.5 Å². The van der Waals surface area contributed by atoms with Gasteiger partial charge in [-0.3, -0.25) is 9.59 Å². The average Bonchev–Trinajstić information content (AvgIpc) is 2.63. The molecule has 0 aliphatic carbocycles. The number of carbonyl (C=O) groups is 2. The van der Waals surface area contributed by atoms with E-state index < -0.39 is 6.04 Å². The van der Waals surface area contributed by atoms with Crippen molar-refractivity contribution in [3.63, 3.8) is 0 Å². The number of hydrogen-bond donors (Lipinski definition) is 2. The average molecular weight is 369 g/mol. The summed E-state index contributed by atoms with van der Waals surface area (Å²) in [4.78, 5) is 25.8. The van der Waals surface area contributed by atoms with Crippen LogP contribution in [-0.2, 0) is 9.59 Å². The van der Waals surface area contributed by atoms with Crippen LogP contribution < -0.4 is 15.4 Å². The quantitative estimate of drug-likeness (QED) is 0.786. The molecule has 2 N–H and O–H groups in total. The Morgan fingerprint density at radius 1 is 1.07 bits per heavy atom. The number of para-hydroxylation sites is 1. The van der Waals surface area contributed by atoms with E-state index in [0.29, 0.717) is 11.4 Å². The summed E-state index contributed by atoms with van der Waals surface area (Å²) in [5, 5.41) is 6.09. The first-order valence-electron chi connectivity index (χ1n) is 8.84. The van der Waals surface area contributed by atoms with E-state index in [1.54, 1.807) is 21.0 Å². The zero-order valence-corrected chi connectivity index (χ0v) is 16.5. The van der Waals surface area contributed by atoms with Crippen molar-refractivity contribution in [3.05, 3.63) is 53.6 Å². The van der Waals surface area contributed by atoms with Gasteiger partial charge < -0.3 is 20.3 Å². The lowest BCUT2D eigenvalue weighted by Gasteiger charge is -2.19. The van der Waals surface area contributed by atoms with Gasteiger partial charge in [0, 0.05) is 19.8 Å². The Morgan fingerprint density at radius 2 is 1.78 bits per heavy atom. The number of nitrogens with one attached hydrogen (secondary N) is 2. The molecule has 144 valence electrons. The minimum Gasteiger partial charge on any atom is -0.482 e. The molecule has 0 aromatic heterocycles. The monoisotopic (exact) mass is 369 g/mol. The van der Waals surface area contributed by atoms with Gasteiger partial charge in [0.2, 0.25) is 5.91 Å². The van der Waals surface area contributed by atoms with Crippen molar-refractivity contribution < 1.29 is 14.3 Å². The summed E-state index contributed by atoms with van der Waals surface area (Å²) in [6.45, 7) is 5.61. The van der Waals surface area contributed by atoms with Gasteiger partial charge in [-0.25, -0.2) is 0 Å². The first kappa shape index (κ1) is 20.3. The standard InChI is InChI=1S/C21H27N3O3/c1-14-10-11-18(19(12-14)27-13-20(25)24(4)5)22-16(3)21(26)23-17-9-7-6-8-15(17)2/h6-12,16,22H,13H2,1-5H3,(H,23,26)/t16-/m1/s1. The summed E-state index contributed by atoms with van der Waals surface area (Å²) in [6, 6.07) is 12.8. The Morgan fingerprint density at radius 3 is 2.44 bits per heavy atom. The lowest BCUT2D eigenvalue weighted by molar-refractivity contribution is -0.130.